The molecule has 1 saturated carbocycles. The van der Waals surface area contributed by atoms with E-state index in [1.807, 2.05) is 37.4 Å². The molecule has 0 saturated heterocycles. The van der Waals surface area contributed by atoms with Crippen molar-refractivity contribution in [3.63, 3.8) is 0 Å². The third kappa shape index (κ3) is 5.07. The van der Waals surface area contributed by atoms with Crippen LogP contribution in [0, 0.1) is 11.8 Å². The predicted octanol–water partition coefficient (Wildman–Crippen LogP) is 4.01. The molecule has 6 nitrogen and oxygen atoms in total. The highest BCUT2D eigenvalue weighted by atomic mass is 16.2. The summed E-state index contributed by atoms with van der Waals surface area (Å²) >= 11 is 0. The molecule has 1 heterocycles. The molecule has 1 fully saturated rings. The number of hydrogen-bond acceptors (Lipinski definition) is 3. The third-order valence-corrected chi connectivity index (χ3v) is 5.32. The highest BCUT2D eigenvalue weighted by Gasteiger charge is 2.22. The molecule has 3 rings (SSSR count). The van der Waals surface area contributed by atoms with Crippen molar-refractivity contribution in [1.82, 2.24) is 19.9 Å². The number of hydrogen-bond donors (Lipinski definition) is 1. The van der Waals surface area contributed by atoms with Crippen LogP contribution in [0.1, 0.15) is 44.6 Å². The van der Waals surface area contributed by atoms with E-state index in [4.69, 9.17) is 0 Å². The van der Waals surface area contributed by atoms with Crippen molar-refractivity contribution in [3.8, 4) is 0 Å². The van der Waals surface area contributed by atoms with E-state index >= 15 is 0 Å². The summed E-state index contributed by atoms with van der Waals surface area (Å²) in [5.74, 6) is 1.76. The summed E-state index contributed by atoms with van der Waals surface area (Å²) in [6.45, 7) is 3.67. The molecule has 1 aromatic carbocycles. The van der Waals surface area contributed by atoms with Crippen molar-refractivity contribution in [1.29, 1.82) is 0 Å². The lowest BCUT2D eigenvalue weighted by Gasteiger charge is -2.30. The van der Waals surface area contributed by atoms with Gasteiger partial charge in [-0.1, -0.05) is 74.6 Å². The molecule has 1 aliphatic rings. The van der Waals surface area contributed by atoms with E-state index in [2.05, 4.69) is 22.6 Å². The van der Waals surface area contributed by atoms with Crippen molar-refractivity contribution in [2.24, 2.45) is 11.8 Å². The molecule has 1 N–H and O–H groups in total. The average molecular weight is 355 g/mol. The first-order valence-electron chi connectivity index (χ1n) is 9.58. The molecule has 0 radical (unpaired) electrons. The van der Waals surface area contributed by atoms with E-state index in [0.717, 1.165) is 18.0 Å². The molecule has 2 aromatic rings. The van der Waals surface area contributed by atoms with Crippen LogP contribution in [-0.4, -0.2) is 39.5 Å². The van der Waals surface area contributed by atoms with E-state index in [1.165, 1.54) is 32.1 Å². The van der Waals surface area contributed by atoms with Crippen LogP contribution in [0.2, 0.25) is 0 Å². The SMILES string of the molecule is CC(CN(C)C(=O)Nc1cn(Cc2ccccc2)nn1)C1CCCCC1. The average Bonchev–Trinajstić information content (AvgIpc) is 3.10. The quantitative estimate of drug-likeness (QED) is 0.852. The van der Waals surface area contributed by atoms with Crippen LogP contribution in [0.25, 0.3) is 0 Å². The Morgan fingerprint density at radius 2 is 2.00 bits per heavy atom. The van der Waals surface area contributed by atoms with Gasteiger partial charge < -0.3 is 4.90 Å². The van der Waals surface area contributed by atoms with Crippen molar-refractivity contribution < 1.29 is 4.79 Å². The number of carbonyl (C=O) groups is 1. The molecule has 1 atom stereocenters. The summed E-state index contributed by atoms with van der Waals surface area (Å²) in [5, 5.41) is 11.0. The van der Waals surface area contributed by atoms with Gasteiger partial charge in [-0.05, 0) is 17.4 Å². The lowest BCUT2D eigenvalue weighted by atomic mass is 9.81. The minimum Gasteiger partial charge on any atom is -0.327 e. The number of rotatable bonds is 6. The van der Waals surface area contributed by atoms with Crippen molar-refractivity contribution >= 4 is 11.8 Å². The van der Waals surface area contributed by atoms with Gasteiger partial charge in [-0.15, -0.1) is 5.10 Å². The fourth-order valence-electron chi connectivity index (χ4n) is 3.78. The van der Waals surface area contributed by atoms with Crippen molar-refractivity contribution in [2.75, 3.05) is 18.9 Å². The van der Waals surface area contributed by atoms with Crippen LogP contribution in [0.3, 0.4) is 0 Å². The first kappa shape index (κ1) is 18.4. The molecule has 26 heavy (non-hydrogen) atoms. The Labute approximate surface area is 155 Å². The van der Waals surface area contributed by atoms with Gasteiger partial charge in [0.25, 0.3) is 0 Å². The van der Waals surface area contributed by atoms with Gasteiger partial charge in [0, 0.05) is 13.6 Å². The van der Waals surface area contributed by atoms with Gasteiger partial charge in [0.15, 0.2) is 5.82 Å². The smallest absolute Gasteiger partial charge is 0.322 e. The second-order valence-electron chi connectivity index (χ2n) is 7.47. The lowest BCUT2D eigenvalue weighted by Crippen LogP contribution is -2.37. The summed E-state index contributed by atoms with van der Waals surface area (Å²) in [7, 11) is 1.85. The van der Waals surface area contributed by atoms with Crippen LogP contribution in [0.15, 0.2) is 36.5 Å². The zero-order valence-corrected chi connectivity index (χ0v) is 15.8. The number of anilines is 1. The van der Waals surface area contributed by atoms with Crippen molar-refractivity contribution in [2.45, 2.75) is 45.6 Å². The molecule has 2 amide bonds. The van der Waals surface area contributed by atoms with Gasteiger partial charge in [-0.2, -0.15) is 0 Å². The Morgan fingerprint density at radius 3 is 2.73 bits per heavy atom. The van der Waals surface area contributed by atoms with Crippen LogP contribution in [0.4, 0.5) is 10.6 Å². The van der Waals surface area contributed by atoms with Crippen molar-refractivity contribution in [3.05, 3.63) is 42.1 Å². The number of urea groups is 1. The fourth-order valence-corrected chi connectivity index (χ4v) is 3.78. The predicted molar refractivity (Wildman–Crippen MR) is 103 cm³/mol. The number of aromatic nitrogens is 3. The standard InChI is InChI=1S/C20H29N5O/c1-16(18-11-7-4-8-12-18)13-24(2)20(26)21-19-15-25(23-22-19)14-17-9-5-3-6-10-17/h3,5-6,9-10,15-16,18H,4,7-8,11-14H2,1-2H3,(H,21,26). The molecular formula is C20H29N5O. The van der Waals surface area contributed by atoms with E-state index < -0.39 is 0 Å². The Morgan fingerprint density at radius 1 is 1.27 bits per heavy atom. The van der Waals surface area contributed by atoms with Crippen LogP contribution in [0.5, 0.6) is 0 Å². The summed E-state index contributed by atoms with van der Waals surface area (Å²) in [6, 6.07) is 9.94. The molecule has 0 aliphatic heterocycles. The lowest BCUT2D eigenvalue weighted by molar-refractivity contribution is 0.190. The number of benzene rings is 1. The molecule has 1 unspecified atom stereocenters. The van der Waals surface area contributed by atoms with Gasteiger partial charge in [-0.25, -0.2) is 9.48 Å². The molecule has 1 aromatic heterocycles. The van der Waals surface area contributed by atoms with Crippen LogP contribution in [-0.2, 0) is 6.54 Å². The number of nitrogens with zero attached hydrogens (tertiary/aromatic N) is 4. The zero-order chi connectivity index (χ0) is 18.4. The maximum Gasteiger partial charge on any atom is 0.322 e. The van der Waals surface area contributed by atoms with E-state index in [9.17, 15) is 4.79 Å². The molecule has 0 bridgehead atoms. The highest BCUT2D eigenvalue weighted by Crippen LogP contribution is 2.30. The maximum absolute atomic E-state index is 12.4. The van der Waals surface area contributed by atoms with Gasteiger partial charge in [0.1, 0.15) is 0 Å². The Hall–Kier alpha value is -2.37. The number of carbonyl (C=O) groups excluding carboxylic acids is 1. The van der Waals surface area contributed by atoms with Gasteiger partial charge in [0.05, 0.1) is 12.7 Å². The summed E-state index contributed by atoms with van der Waals surface area (Å²) < 4.78 is 1.73. The Bertz CT molecular complexity index is 693. The molecular weight excluding hydrogens is 326 g/mol. The second kappa shape index (κ2) is 8.83. The van der Waals surface area contributed by atoms with Crippen LogP contribution < -0.4 is 5.32 Å². The first-order chi connectivity index (χ1) is 12.6. The zero-order valence-electron chi connectivity index (χ0n) is 15.8. The van der Waals surface area contributed by atoms with E-state index in [-0.39, 0.29) is 6.03 Å². The minimum atomic E-state index is -0.126. The molecule has 1 aliphatic carbocycles. The topological polar surface area (TPSA) is 63.1 Å². The molecule has 6 heteroatoms. The minimum absolute atomic E-state index is 0.126. The normalized spacial score (nSPS) is 16.2. The second-order valence-corrected chi connectivity index (χ2v) is 7.47. The molecule has 140 valence electrons. The van der Waals surface area contributed by atoms with Crippen LogP contribution >= 0.6 is 0 Å². The summed E-state index contributed by atoms with van der Waals surface area (Å²) in [4.78, 5) is 14.2. The monoisotopic (exact) mass is 355 g/mol. The first-order valence-corrected chi connectivity index (χ1v) is 9.58. The Balaban J connectivity index is 1.49. The third-order valence-electron chi connectivity index (χ3n) is 5.32. The Kier molecular flexibility index (Phi) is 6.26. The van der Waals surface area contributed by atoms with Gasteiger partial charge in [0.2, 0.25) is 0 Å². The van der Waals surface area contributed by atoms with Gasteiger partial charge >= 0.3 is 6.03 Å². The van der Waals surface area contributed by atoms with E-state index in [0.29, 0.717) is 18.3 Å². The summed E-state index contributed by atoms with van der Waals surface area (Å²) in [6.07, 6.45) is 8.38. The maximum atomic E-state index is 12.4. The summed E-state index contributed by atoms with van der Waals surface area (Å²) in [5.41, 5.74) is 1.15. The van der Waals surface area contributed by atoms with Gasteiger partial charge in [-0.3, -0.25) is 5.32 Å². The highest BCUT2D eigenvalue weighted by molar-refractivity contribution is 5.87. The number of nitrogens with one attached hydrogen (secondary N) is 1. The fraction of sp³-hybridized carbons (Fsp3) is 0.550. The number of amides is 2. The largest absolute Gasteiger partial charge is 0.327 e. The molecule has 0 spiro atoms. The van der Waals surface area contributed by atoms with E-state index in [1.54, 1.807) is 15.8 Å².